The van der Waals surface area contributed by atoms with Gasteiger partial charge in [0.2, 0.25) is 0 Å². The van der Waals surface area contributed by atoms with Gasteiger partial charge in [-0.3, -0.25) is 4.57 Å². The maximum atomic E-state index is 5.63. The molecule has 2 N–H and O–H groups in total. The maximum Gasteiger partial charge on any atom is 0.138 e. The van der Waals surface area contributed by atoms with E-state index in [0.717, 1.165) is 18.7 Å². The summed E-state index contributed by atoms with van der Waals surface area (Å²) in [4.78, 5) is 8.77. The van der Waals surface area contributed by atoms with Gasteiger partial charge in [0.25, 0.3) is 0 Å². The highest BCUT2D eigenvalue weighted by Gasteiger charge is 2.16. The second-order valence-corrected chi connectivity index (χ2v) is 4.16. The number of nitrogen functional groups attached to an aromatic ring is 1. The van der Waals surface area contributed by atoms with Crippen LogP contribution in [0.1, 0.15) is 24.2 Å². The first-order valence-corrected chi connectivity index (χ1v) is 5.61. The molecule has 2 aromatic rings. The summed E-state index contributed by atoms with van der Waals surface area (Å²) < 4.78 is 2.08. The average Bonchev–Trinajstić information content (AvgIpc) is 2.74. The first-order chi connectivity index (χ1) is 7.84. The second-order valence-electron chi connectivity index (χ2n) is 4.16. The number of anilines is 1. The van der Waals surface area contributed by atoms with E-state index < -0.39 is 0 Å². The largest absolute Gasteiger partial charge is 0.397 e. The van der Waals surface area contributed by atoms with Crippen LogP contribution in [0.4, 0.5) is 5.69 Å². The fourth-order valence-electron chi connectivity index (χ4n) is 2.21. The number of nitrogens with zero attached hydrogens (tertiary/aromatic N) is 3. The molecule has 0 spiro atoms. The van der Waals surface area contributed by atoms with Gasteiger partial charge in [0.1, 0.15) is 12.1 Å². The van der Waals surface area contributed by atoms with Crippen molar-refractivity contribution in [3.05, 3.63) is 36.0 Å². The second kappa shape index (κ2) is 3.63. The smallest absolute Gasteiger partial charge is 0.138 e. The third-order valence-corrected chi connectivity index (χ3v) is 3.05. The van der Waals surface area contributed by atoms with Crippen LogP contribution in [0.5, 0.6) is 0 Å². The van der Waals surface area contributed by atoms with E-state index in [1.165, 1.54) is 24.2 Å². The molecule has 2 heterocycles. The van der Waals surface area contributed by atoms with Gasteiger partial charge in [-0.25, -0.2) is 9.97 Å². The van der Waals surface area contributed by atoms with Gasteiger partial charge in [0, 0.05) is 5.69 Å². The van der Waals surface area contributed by atoms with E-state index in [2.05, 4.69) is 14.5 Å². The molecule has 0 bridgehead atoms. The highest BCUT2D eigenvalue weighted by atomic mass is 15.1. The van der Waals surface area contributed by atoms with Gasteiger partial charge in [0.05, 0.1) is 17.6 Å². The minimum Gasteiger partial charge on any atom is -0.397 e. The molecule has 4 nitrogen and oxygen atoms in total. The van der Waals surface area contributed by atoms with Crippen LogP contribution < -0.4 is 5.73 Å². The quantitative estimate of drug-likeness (QED) is 0.786. The van der Waals surface area contributed by atoms with E-state index in [9.17, 15) is 0 Å². The van der Waals surface area contributed by atoms with Crippen molar-refractivity contribution < 1.29 is 0 Å². The number of fused-ring (bicyclic) bond motifs is 1. The minimum atomic E-state index is 0.692. The number of nitrogens with two attached hydrogens (primary N) is 1. The van der Waals surface area contributed by atoms with Crippen LogP contribution >= 0.6 is 0 Å². The lowest BCUT2D eigenvalue weighted by atomic mass is 10.0. The van der Waals surface area contributed by atoms with Crippen LogP contribution in [-0.2, 0) is 12.8 Å². The van der Waals surface area contributed by atoms with Gasteiger partial charge in [-0.15, -0.1) is 0 Å². The van der Waals surface area contributed by atoms with Gasteiger partial charge in [-0.2, -0.15) is 0 Å². The Morgan fingerprint density at radius 3 is 2.81 bits per heavy atom. The highest BCUT2D eigenvalue weighted by Crippen LogP contribution is 2.22. The van der Waals surface area contributed by atoms with E-state index in [4.69, 9.17) is 5.73 Å². The number of hydrogen-bond donors (Lipinski definition) is 1. The van der Waals surface area contributed by atoms with Crippen molar-refractivity contribution in [2.24, 2.45) is 0 Å². The van der Waals surface area contributed by atoms with E-state index in [0.29, 0.717) is 5.69 Å². The summed E-state index contributed by atoms with van der Waals surface area (Å²) in [6.07, 6.45) is 8.24. The fraction of sp³-hybridized carbons (Fsp3) is 0.333. The highest BCUT2D eigenvalue weighted by molar-refractivity contribution is 5.40. The molecule has 16 heavy (non-hydrogen) atoms. The molecule has 3 rings (SSSR count). The van der Waals surface area contributed by atoms with E-state index >= 15 is 0 Å². The van der Waals surface area contributed by atoms with Crippen molar-refractivity contribution in [2.45, 2.75) is 25.7 Å². The minimum absolute atomic E-state index is 0.692. The van der Waals surface area contributed by atoms with Gasteiger partial charge in [-0.1, -0.05) is 0 Å². The zero-order valence-corrected chi connectivity index (χ0v) is 9.06. The zero-order valence-electron chi connectivity index (χ0n) is 9.06. The summed E-state index contributed by atoms with van der Waals surface area (Å²) >= 11 is 0. The number of aromatic nitrogens is 3. The summed E-state index contributed by atoms with van der Waals surface area (Å²) in [5, 5.41) is 0. The van der Waals surface area contributed by atoms with E-state index in [1.807, 2.05) is 18.5 Å². The van der Waals surface area contributed by atoms with Crippen LogP contribution in [0.3, 0.4) is 0 Å². The standard InChI is InChI=1S/C12H14N4/c13-9-5-6-12(14-7-9)16-8-15-10-3-1-2-4-11(10)16/h5-8H,1-4,13H2. The van der Waals surface area contributed by atoms with Gasteiger partial charge < -0.3 is 5.73 Å². The molecule has 0 aromatic carbocycles. The maximum absolute atomic E-state index is 5.63. The average molecular weight is 214 g/mol. The lowest BCUT2D eigenvalue weighted by molar-refractivity contribution is 0.654. The van der Waals surface area contributed by atoms with Crippen molar-refractivity contribution in [1.82, 2.24) is 14.5 Å². The molecule has 0 saturated carbocycles. The molecule has 2 aromatic heterocycles. The number of imidazole rings is 1. The van der Waals surface area contributed by atoms with Crippen molar-refractivity contribution in [1.29, 1.82) is 0 Å². The molecular formula is C12H14N4. The Labute approximate surface area is 94.1 Å². The van der Waals surface area contributed by atoms with Crippen LogP contribution in [0.2, 0.25) is 0 Å². The van der Waals surface area contributed by atoms with E-state index in [1.54, 1.807) is 6.20 Å². The Balaban J connectivity index is 2.06. The molecule has 1 aliphatic carbocycles. The topological polar surface area (TPSA) is 56.7 Å². The first-order valence-electron chi connectivity index (χ1n) is 5.61. The van der Waals surface area contributed by atoms with Crippen molar-refractivity contribution in [3.63, 3.8) is 0 Å². The Hall–Kier alpha value is -1.84. The number of pyridine rings is 1. The van der Waals surface area contributed by atoms with Gasteiger partial charge in [0.15, 0.2) is 0 Å². The summed E-state index contributed by atoms with van der Waals surface area (Å²) in [5.41, 5.74) is 8.86. The van der Waals surface area contributed by atoms with Crippen molar-refractivity contribution >= 4 is 5.69 Å². The predicted octanol–water partition coefficient (Wildman–Crippen LogP) is 1.73. The fourth-order valence-corrected chi connectivity index (χ4v) is 2.21. The summed E-state index contributed by atoms with van der Waals surface area (Å²) in [7, 11) is 0. The van der Waals surface area contributed by atoms with Gasteiger partial charge >= 0.3 is 0 Å². The SMILES string of the molecule is Nc1ccc(-n2cnc3c2CCCC3)nc1. The van der Waals surface area contributed by atoms with Crippen LogP contribution in [0.15, 0.2) is 24.7 Å². The molecule has 82 valence electrons. The summed E-state index contributed by atoms with van der Waals surface area (Å²) in [6, 6.07) is 3.81. The molecule has 0 aliphatic heterocycles. The number of rotatable bonds is 1. The lowest BCUT2D eigenvalue weighted by Gasteiger charge is -2.13. The van der Waals surface area contributed by atoms with Crippen LogP contribution in [-0.4, -0.2) is 14.5 Å². The Morgan fingerprint density at radius 1 is 1.12 bits per heavy atom. The predicted molar refractivity (Wildman–Crippen MR) is 62.4 cm³/mol. The first kappa shape index (κ1) is 9.39. The molecule has 1 aliphatic rings. The molecule has 0 amide bonds. The molecular weight excluding hydrogens is 200 g/mol. The summed E-state index contributed by atoms with van der Waals surface area (Å²) in [6.45, 7) is 0. The third-order valence-electron chi connectivity index (χ3n) is 3.05. The Morgan fingerprint density at radius 2 is 2.00 bits per heavy atom. The molecule has 0 fully saturated rings. The summed E-state index contributed by atoms with van der Waals surface area (Å²) in [5.74, 6) is 0.907. The van der Waals surface area contributed by atoms with Crippen LogP contribution in [0.25, 0.3) is 5.82 Å². The van der Waals surface area contributed by atoms with Crippen molar-refractivity contribution in [3.8, 4) is 5.82 Å². The Bertz CT molecular complexity index is 498. The molecule has 0 unspecified atom stereocenters. The molecule has 0 radical (unpaired) electrons. The Kier molecular flexibility index (Phi) is 2.13. The number of aryl methyl sites for hydroxylation is 1. The van der Waals surface area contributed by atoms with Gasteiger partial charge in [-0.05, 0) is 37.8 Å². The molecule has 4 heteroatoms. The molecule has 0 atom stereocenters. The number of hydrogen-bond acceptors (Lipinski definition) is 3. The molecule has 0 saturated heterocycles. The van der Waals surface area contributed by atoms with E-state index in [-0.39, 0.29) is 0 Å². The lowest BCUT2D eigenvalue weighted by Crippen LogP contribution is -2.07. The zero-order chi connectivity index (χ0) is 11.0. The van der Waals surface area contributed by atoms with Crippen LogP contribution in [0, 0.1) is 0 Å². The van der Waals surface area contributed by atoms with Crippen molar-refractivity contribution in [2.75, 3.05) is 5.73 Å². The normalized spacial score (nSPS) is 14.8. The monoisotopic (exact) mass is 214 g/mol. The third kappa shape index (κ3) is 1.46.